The number of benzene rings is 2. The monoisotopic (exact) mass is 446 g/mol. The molecule has 0 spiro atoms. The number of hydrogen-bond donors (Lipinski definition) is 0. The third kappa shape index (κ3) is 5.49. The maximum absolute atomic E-state index is 12.4. The maximum Gasteiger partial charge on any atom is 0.319 e. The summed E-state index contributed by atoms with van der Waals surface area (Å²) in [6.45, 7) is 6.57. The predicted octanol–water partition coefficient (Wildman–Crippen LogP) is 6.12. The van der Waals surface area contributed by atoms with Crippen molar-refractivity contribution in [3.8, 4) is 34.2 Å². The lowest BCUT2D eigenvalue weighted by Crippen LogP contribution is -2.19. The van der Waals surface area contributed by atoms with Crippen molar-refractivity contribution in [3.05, 3.63) is 66.2 Å². The molecular formula is C26H26N2O3S. The van der Waals surface area contributed by atoms with E-state index in [1.165, 1.54) is 11.8 Å². The highest BCUT2D eigenvalue weighted by Gasteiger charge is 2.24. The lowest BCUT2D eigenvalue weighted by molar-refractivity contribution is -0.142. The Balaban J connectivity index is 2.13. The number of nitriles is 1. The van der Waals surface area contributed by atoms with Crippen molar-refractivity contribution < 1.29 is 14.3 Å². The van der Waals surface area contributed by atoms with Crippen molar-refractivity contribution in [1.82, 2.24) is 4.98 Å². The van der Waals surface area contributed by atoms with Crippen LogP contribution in [0.25, 0.3) is 22.4 Å². The van der Waals surface area contributed by atoms with Crippen molar-refractivity contribution in [2.45, 2.75) is 37.5 Å². The standard InChI is InChI=1S/C26H26N2O3S/c1-4-24(26(29)31-6-3)32-25-22(17-27)21(18-10-8-7-9-11-18)16-23(28-25)19-12-14-20(15-13-19)30-5-2/h7-16,24H,4-6H2,1-3H3/t24-/m1/s1. The number of ether oxygens (including phenoxy) is 2. The first-order valence-electron chi connectivity index (χ1n) is 10.7. The zero-order valence-electron chi connectivity index (χ0n) is 18.5. The number of carbonyl (C=O) groups excluding carboxylic acids is 1. The first-order valence-corrected chi connectivity index (χ1v) is 11.6. The largest absolute Gasteiger partial charge is 0.494 e. The zero-order chi connectivity index (χ0) is 22.9. The van der Waals surface area contributed by atoms with Crippen LogP contribution in [0.2, 0.25) is 0 Å². The highest BCUT2D eigenvalue weighted by molar-refractivity contribution is 8.00. The van der Waals surface area contributed by atoms with E-state index >= 15 is 0 Å². The van der Waals surface area contributed by atoms with Crippen molar-refractivity contribution in [2.24, 2.45) is 0 Å². The van der Waals surface area contributed by atoms with Gasteiger partial charge >= 0.3 is 5.97 Å². The molecule has 0 saturated heterocycles. The smallest absolute Gasteiger partial charge is 0.319 e. The van der Waals surface area contributed by atoms with Gasteiger partial charge in [0.1, 0.15) is 22.1 Å². The molecule has 0 bridgehead atoms. The van der Waals surface area contributed by atoms with Gasteiger partial charge in [-0.3, -0.25) is 4.79 Å². The summed E-state index contributed by atoms with van der Waals surface area (Å²) in [6.07, 6.45) is 0.573. The normalized spacial score (nSPS) is 11.4. The summed E-state index contributed by atoms with van der Waals surface area (Å²) in [7, 11) is 0. The SMILES string of the molecule is CCOC(=O)[C@@H](CC)Sc1nc(-c2ccc(OCC)cc2)cc(-c2ccccc2)c1C#N. The number of aromatic nitrogens is 1. The summed E-state index contributed by atoms with van der Waals surface area (Å²) in [6, 6.07) is 21.7. The van der Waals surface area contributed by atoms with Crippen LogP contribution in [0.4, 0.5) is 0 Å². The van der Waals surface area contributed by atoms with Crippen LogP contribution in [0, 0.1) is 11.3 Å². The van der Waals surface area contributed by atoms with Gasteiger partial charge in [-0.25, -0.2) is 4.98 Å². The van der Waals surface area contributed by atoms with Crippen LogP contribution in [0.15, 0.2) is 65.7 Å². The van der Waals surface area contributed by atoms with E-state index in [-0.39, 0.29) is 5.97 Å². The molecule has 32 heavy (non-hydrogen) atoms. The topological polar surface area (TPSA) is 72.2 Å². The molecule has 0 N–H and O–H groups in total. The molecule has 1 aromatic heterocycles. The molecule has 1 atom stereocenters. The molecule has 0 aliphatic rings. The number of esters is 1. The molecule has 6 heteroatoms. The first kappa shape index (κ1) is 23.4. The van der Waals surface area contributed by atoms with E-state index in [0.29, 0.717) is 30.2 Å². The van der Waals surface area contributed by atoms with Gasteiger partial charge in [0, 0.05) is 11.1 Å². The van der Waals surface area contributed by atoms with Crippen molar-refractivity contribution >= 4 is 17.7 Å². The molecule has 0 saturated carbocycles. The van der Waals surface area contributed by atoms with E-state index in [9.17, 15) is 10.1 Å². The van der Waals surface area contributed by atoms with Gasteiger partial charge < -0.3 is 9.47 Å². The van der Waals surface area contributed by atoms with Gasteiger partial charge in [-0.15, -0.1) is 0 Å². The van der Waals surface area contributed by atoms with Gasteiger partial charge in [-0.2, -0.15) is 5.26 Å². The van der Waals surface area contributed by atoms with Crippen LogP contribution in [0.5, 0.6) is 5.75 Å². The van der Waals surface area contributed by atoms with Crippen LogP contribution in [0.1, 0.15) is 32.8 Å². The number of pyridine rings is 1. The molecular weight excluding hydrogens is 420 g/mol. The van der Waals surface area contributed by atoms with E-state index in [4.69, 9.17) is 14.5 Å². The van der Waals surface area contributed by atoms with Crippen LogP contribution in [-0.2, 0) is 9.53 Å². The Morgan fingerprint density at radius 3 is 2.34 bits per heavy atom. The average molecular weight is 447 g/mol. The molecule has 0 aliphatic heterocycles. The second-order valence-corrected chi connectivity index (χ2v) is 8.13. The summed E-state index contributed by atoms with van der Waals surface area (Å²) >= 11 is 1.28. The Morgan fingerprint density at radius 2 is 1.75 bits per heavy atom. The van der Waals surface area contributed by atoms with Gasteiger partial charge in [0.15, 0.2) is 0 Å². The van der Waals surface area contributed by atoms with Crippen molar-refractivity contribution in [1.29, 1.82) is 5.26 Å². The van der Waals surface area contributed by atoms with Crippen LogP contribution >= 0.6 is 11.8 Å². The lowest BCUT2D eigenvalue weighted by atomic mass is 9.99. The number of rotatable bonds is 9. The van der Waals surface area contributed by atoms with Crippen molar-refractivity contribution in [3.63, 3.8) is 0 Å². The Kier molecular flexibility index (Phi) is 8.29. The molecule has 0 unspecified atom stereocenters. The van der Waals surface area contributed by atoms with Crippen LogP contribution in [0.3, 0.4) is 0 Å². The number of hydrogen-bond acceptors (Lipinski definition) is 6. The fourth-order valence-corrected chi connectivity index (χ4v) is 4.29. The quantitative estimate of drug-likeness (QED) is 0.291. The van der Waals surface area contributed by atoms with Gasteiger partial charge in [-0.05, 0) is 56.2 Å². The van der Waals surface area contributed by atoms with E-state index < -0.39 is 5.25 Å². The number of nitrogens with zero attached hydrogens (tertiary/aromatic N) is 2. The summed E-state index contributed by atoms with van der Waals surface area (Å²) in [4.78, 5) is 17.2. The summed E-state index contributed by atoms with van der Waals surface area (Å²) in [5.74, 6) is 0.495. The summed E-state index contributed by atoms with van der Waals surface area (Å²) in [5.41, 5.74) is 3.80. The Labute approximate surface area is 193 Å². The second kappa shape index (κ2) is 11.4. The van der Waals surface area contributed by atoms with Crippen LogP contribution in [-0.4, -0.2) is 29.4 Å². The molecule has 1 heterocycles. The molecule has 0 amide bonds. The summed E-state index contributed by atoms with van der Waals surface area (Å²) < 4.78 is 10.8. The van der Waals surface area contributed by atoms with Crippen molar-refractivity contribution in [2.75, 3.05) is 13.2 Å². The minimum Gasteiger partial charge on any atom is -0.494 e. The molecule has 2 aromatic carbocycles. The highest BCUT2D eigenvalue weighted by Crippen LogP contribution is 2.36. The lowest BCUT2D eigenvalue weighted by Gasteiger charge is -2.16. The molecule has 0 radical (unpaired) electrons. The number of thioether (sulfide) groups is 1. The molecule has 3 rings (SSSR count). The Hall–Kier alpha value is -3.30. The Bertz CT molecular complexity index is 1090. The fourth-order valence-electron chi connectivity index (χ4n) is 3.26. The van der Waals surface area contributed by atoms with E-state index in [1.807, 2.05) is 74.5 Å². The minimum absolute atomic E-state index is 0.293. The molecule has 3 aromatic rings. The fraction of sp³-hybridized carbons (Fsp3) is 0.269. The zero-order valence-corrected chi connectivity index (χ0v) is 19.3. The van der Waals surface area contributed by atoms with Gasteiger partial charge in [0.25, 0.3) is 0 Å². The van der Waals surface area contributed by atoms with Gasteiger partial charge in [0.2, 0.25) is 0 Å². The maximum atomic E-state index is 12.4. The molecule has 5 nitrogen and oxygen atoms in total. The van der Waals surface area contributed by atoms with E-state index in [2.05, 4.69) is 6.07 Å². The van der Waals surface area contributed by atoms with E-state index in [1.54, 1.807) is 6.92 Å². The van der Waals surface area contributed by atoms with Gasteiger partial charge in [0.05, 0.1) is 24.5 Å². The van der Waals surface area contributed by atoms with E-state index in [0.717, 1.165) is 28.1 Å². The molecule has 0 fully saturated rings. The summed E-state index contributed by atoms with van der Waals surface area (Å²) in [5, 5.41) is 10.1. The third-order valence-electron chi connectivity index (χ3n) is 4.82. The molecule has 0 aliphatic carbocycles. The van der Waals surface area contributed by atoms with Crippen LogP contribution < -0.4 is 4.74 Å². The average Bonchev–Trinajstić information content (AvgIpc) is 2.83. The second-order valence-electron chi connectivity index (χ2n) is 6.94. The Morgan fingerprint density at radius 1 is 1.03 bits per heavy atom. The first-order chi connectivity index (χ1) is 15.6. The third-order valence-corrected chi connectivity index (χ3v) is 6.15. The predicted molar refractivity (Wildman–Crippen MR) is 128 cm³/mol. The molecule has 164 valence electrons. The van der Waals surface area contributed by atoms with Gasteiger partial charge in [-0.1, -0.05) is 49.0 Å². The number of carbonyl (C=O) groups is 1. The minimum atomic E-state index is -0.436. The highest BCUT2D eigenvalue weighted by atomic mass is 32.2.